The molecule has 1 amide bonds. The minimum atomic E-state index is -0.361. The second-order valence-corrected chi connectivity index (χ2v) is 3.02. The van der Waals surface area contributed by atoms with E-state index >= 15 is 0 Å². The van der Waals surface area contributed by atoms with Crippen molar-refractivity contribution in [2.45, 2.75) is 26.8 Å². The third kappa shape index (κ3) is 5.47. The van der Waals surface area contributed by atoms with Crippen LogP contribution < -0.4 is 5.32 Å². The number of ether oxygens (including phenoxy) is 1. The summed E-state index contributed by atoms with van der Waals surface area (Å²) in [7, 11) is 1.37. The highest BCUT2D eigenvalue weighted by molar-refractivity contribution is 5.67. The zero-order chi connectivity index (χ0) is 10.3. The fourth-order valence-corrected chi connectivity index (χ4v) is 1.17. The van der Waals surface area contributed by atoms with E-state index in [1.807, 2.05) is 6.92 Å². The minimum Gasteiger partial charge on any atom is -0.453 e. The van der Waals surface area contributed by atoms with Crippen molar-refractivity contribution in [1.29, 1.82) is 0 Å². The number of rotatable bonds is 5. The molecule has 0 aliphatic rings. The van der Waals surface area contributed by atoms with E-state index in [0.29, 0.717) is 0 Å². The van der Waals surface area contributed by atoms with Crippen molar-refractivity contribution in [2.75, 3.05) is 26.7 Å². The van der Waals surface area contributed by atoms with Gasteiger partial charge < -0.3 is 15.0 Å². The fourth-order valence-electron chi connectivity index (χ4n) is 1.17. The van der Waals surface area contributed by atoms with E-state index in [1.165, 1.54) is 7.11 Å². The topological polar surface area (TPSA) is 41.6 Å². The van der Waals surface area contributed by atoms with Crippen LogP contribution in [0.5, 0.6) is 0 Å². The quantitative estimate of drug-likeness (QED) is 0.701. The Balaban J connectivity index is 3.71. The molecule has 0 spiro atoms. The third-order valence-corrected chi connectivity index (χ3v) is 1.98. The van der Waals surface area contributed by atoms with Crippen molar-refractivity contribution in [3.63, 3.8) is 0 Å². The molecule has 13 heavy (non-hydrogen) atoms. The van der Waals surface area contributed by atoms with Gasteiger partial charge in [-0.2, -0.15) is 0 Å². The first kappa shape index (κ1) is 12.2. The second-order valence-electron chi connectivity index (χ2n) is 3.02. The molecule has 0 bridgehead atoms. The van der Waals surface area contributed by atoms with Crippen LogP contribution in [0.4, 0.5) is 4.79 Å². The third-order valence-electron chi connectivity index (χ3n) is 1.98. The number of hydrogen-bond donors (Lipinski definition) is 1. The molecule has 4 heteroatoms. The smallest absolute Gasteiger partial charge is 0.407 e. The molecule has 0 fully saturated rings. The second kappa shape index (κ2) is 6.71. The van der Waals surface area contributed by atoms with Crippen molar-refractivity contribution < 1.29 is 9.53 Å². The van der Waals surface area contributed by atoms with Gasteiger partial charge in [0, 0.05) is 12.6 Å². The van der Waals surface area contributed by atoms with Gasteiger partial charge in [-0.15, -0.1) is 0 Å². The van der Waals surface area contributed by atoms with Gasteiger partial charge in [-0.05, 0) is 20.0 Å². The highest BCUT2D eigenvalue weighted by Crippen LogP contribution is 1.91. The van der Waals surface area contributed by atoms with Crippen LogP contribution >= 0.6 is 0 Å². The van der Waals surface area contributed by atoms with Gasteiger partial charge in [0.25, 0.3) is 0 Å². The van der Waals surface area contributed by atoms with Gasteiger partial charge in [0.05, 0.1) is 7.11 Å². The van der Waals surface area contributed by atoms with Gasteiger partial charge >= 0.3 is 6.09 Å². The van der Waals surface area contributed by atoms with E-state index in [2.05, 4.69) is 28.8 Å². The van der Waals surface area contributed by atoms with Crippen molar-refractivity contribution in [2.24, 2.45) is 0 Å². The molecule has 0 radical (unpaired) electrons. The van der Waals surface area contributed by atoms with Crippen LogP contribution in [0.1, 0.15) is 20.8 Å². The highest BCUT2D eigenvalue weighted by Gasteiger charge is 2.09. The van der Waals surface area contributed by atoms with E-state index in [1.54, 1.807) is 0 Å². The predicted octanol–water partition coefficient (Wildman–Crippen LogP) is 1.07. The summed E-state index contributed by atoms with van der Waals surface area (Å²) in [5.41, 5.74) is 0. The lowest BCUT2D eigenvalue weighted by Crippen LogP contribution is -2.41. The molecule has 1 atom stereocenters. The van der Waals surface area contributed by atoms with E-state index in [9.17, 15) is 4.79 Å². The SMILES string of the molecule is CCN(CC)CC(C)NC(=O)OC. The molecule has 0 rings (SSSR count). The molecule has 1 unspecified atom stereocenters. The molecule has 0 aromatic heterocycles. The lowest BCUT2D eigenvalue weighted by Gasteiger charge is -2.22. The lowest BCUT2D eigenvalue weighted by molar-refractivity contribution is 0.163. The number of nitrogens with zero attached hydrogens (tertiary/aromatic N) is 1. The van der Waals surface area contributed by atoms with Gasteiger partial charge in [0.2, 0.25) is 0 Å². The molecule has 0 aromatic rings. The molecule has 0 saturated heterocycles. The molecular weight excluding hydrogens is 168 g/mol. The Labute approximate surface area is 80.2 Å². The lowest BCUT2D eigenvalue weighted by atomic mass is 10.3. The predicted molar refractivity (Wildman–Crippen MR) is 52.8 cm³/mol. The monoisotopic (exact) mass is 188 g/mol. The Bertz CT molecular complexity index is 147. The standard InChI is InChI=1S/C9H20N2O2/c1-5-11(6-2)7-8(3)10-9(12)13-4/h8H,5-7H2,1-4H3,(H,10,12). The van der Waals surface area contributed by atoms with Crippen molar-refractivity contribution in [3.05, 3.63) is 0 Å². The Hall–Kier alpha value is -0.770. The number of methoxy groups -OCH3 is 1. The first-order valence-electron chi connectivity index (χ1n) is 4.70. The molecule has 1 N–H and O–H groups in total. The maximum absolute atomic E-state index is 10.8. The van der Waals surface area contributed by atoms with Crippen LogP contribution in [-0.2, 0) is 4.74 Å². The summed E-state index contributed by atoms with van der Waals surface area (Å²) in [5, 5.41) is 2.73. The molecule has 0 aliphatic carbocycles. The number of carbonyl (C=O) groups excluding carboxylic acids is 1. The van der Waals surface area contributed by atoms with E-state index < -0.39 is 0 Å². The van der Waals surface area contributed by atoms with E-state index in [0.717, 1.165) is 19.6 Å². The first-order chi connectivity index (χ1) is 6.13. The van der Waals surface area contributed by atoms with Crippen molar-refractivity contribution in [3.8, 4) is 0 Å². The zero-order valence-corrected chi connectivity index (χ0v) is 8.96. The number of hydrogen-bond acceptors (Lipinski definition) is 3. The Morgan fingerprint density at radius 3 is 2.38 bits per heavy atom. The summed E-state index contributed by atoms with van der Waals surface area (Å²) in [6, 6.07) is 0.132. The largest absolute Gasteiger partial charge is 0.453 e. The Morgan fingerprint density at radius 1 is 1.46 bits per heavy atom. The van der Waals surface area contributed by atoms with Crippen molar-refractivity contribution in [1.82, 2.24) is 10.2 Å². The van der Waals surface area contributed by atoms with Gasteiger partial charge in [-0.1, -0.05) is 13.8 Å². The Morgan fingerprint density at radius 2 is 2.00 bits per heavy atom. The number of carbonyl (C=O) groups is 1. The molecule has 0 aliphatic heterocycles. The van der Waals surface area contributed by atoms with Crippen LogP contribution in [0.3, 0.4) is 0 Å². The average molecular weight is 188 g/mol. The molecule has 78 valence electrons. The summed E-state index contributed by atoms with van der Waals surface area (Å²) in [5.74, 6) is 0. The molecule has 4 nitrogen and oxygen atoms in total. The van der Waals surface area contributed by atoms with Gasteiger partial charge in [-0.25, -0.2) is 4.79 Å². The zero-order valence-electron chi connectivity index (χ0n) is 8.96. The van der Waals surface area contributed by atoms with Crippen LogP contribution in [0.2, 0.25) is 0 Å². The summed E-state index contributed by atoms with van der Waals surface area (Å²) in [4.78, 5) is 13.1. The highest BCUT2D eigenvalue weighted by atomic mass is 16.5. The summed E-state index contributed by atoms with van der Waals surface area (Å²) >= 11 is 0. The summed E-state index contributed by atoms with van der Waals surface area (Å²) < 4.78 is 4.50. The molecule has 0 heterocycles. The number of likely N-dealkylation sites (N-methyl/N-ethyl adjacent to an activating group) is 1. The average Bonchev–Trinajstić information content (AvgIpc) is 2.13. The minimum absolute atomic E-state index is 0.132. The maximum atomic E-state index is 10.8. The van der Waals surface area contributed by atoms with Gasteiger partial charge in [0.15, 0.2) is 0 Å². The molecular formula is C9H20N2O2. The maximum Gasteiger partial charge on any atom is 0.407 e. The summed E-state index contributed by atoms with van der Waals surface area (Å²) in [6.07, 6.45) is -0.361. The normalized spacial score (nSPS) is 12.7. The number of nitrogens with one attached hydrogen (secondary N) is 1. The first-order valence-corrected chi connectivity index (χ1v) is 4.70. The van der Waals surface area contributed by atoms with Gasteiger partial charge in [-0.3, -0.25) is 0 Å². The number of alkyl carbamates (subject to hydrolysis) is 1. The molecule has 0 aromatic carbocycles. The van der Waals surface area contributed by atoms with Crippen LogP contribution in [-0.4, -0.2) is 43.8 Å². The van der Waals surface area contributed by atoms with Crippen LogP contribution in [0.15, 0.2) is 0 Å². The van der Waals surface area contributed by atoms with Gasteiger partial charge in [0.1, 0.15) is 0 Å². The molecule has 0 saturated carbocycles. The van der Waals surface area contributed by atoms with Crippen LogP contribution in [0, 0.1) is 0 Å². The fraction of sp³-hybridized carbons (Fsp3) is 0.889. The van der Waals surface area contributed by atoms with E-state index in [4.69, 9.17) is 0 Å². The number of amides is 1. The summed E-state index contributed by atoms with van der Waals surface area (Å²) in [6.45, 7) is 9.05. The Kier molecular flexibility index (Phi) is 6.32. The van der Waals surface area contributed by atoms with Crippen LogP contribution in [0.25, 0.3) is 0 Å². The van der Waals surface area contributed by atoms with E-state index in [-0.39, 0.29) is 12.1 Å². The van der Waals surface area contributed by atoms with Crippen molar-refractivity contribution >= 4 is 6.09 Å².